The van der Waals surface area contributed by atoms with Crippen LogP contribution in [0.25, 0.3) is 109 Å². The molecular weight excluding hydrogens is 681 g/mol. The predicted molar refractivity (Wildman–Crippen MR) is 238 cm³/mol. The highest BCUT2D eigenvalue weighted by Gasteiger charge is 2.28. The van der Waals surface area contributed by atoms with Crippen molar-refractivity contribution in [2.45, 2.75) is 40.0 Å². The first-order valence-corrected chi connectivity index (χ1v) is 19.5. The van der Waals surface area contributed by atoms with E-state index in [1.54, 1.807) is 0 Å². The Morgan fingerprint density at radius 3 is 1.11 bits per heavy atom. The zero-order valence-corrected chi connectivity index (χ0v) is 31.5. The standard InChI is InChI=1S/C52H38N4/c1-5-29-55-43-23-15-11-19-37(43)49-48(34-26-28-46-40(32-34)36-18-10-14-22-42(36)54(46)8-4)52-50(38-20-12-16-24-44(38)56(52)30-6-2)47(51(49)55)33-25-27-45-39(31-33)35-17-9-13-21-41(35)53(45)7-3/h1-2,9-28,31-32H,7-8,29-30H2,3-4H3. The fourth-order valence-corrected chi connectivity index (χ4v) is 10.0. The molecule has 0 saturated heterocycles. The van der Waals surface area contributed by atoms with Gasteiger partial charge in [0.2, 0.25) is 0 Å². The molecule has 11 rings (SSSR count). The van der Waals surface area contributed by atoms with Crippen LogP contribution < -0.4 is 0 Å². The number of aromatic nitrogens is 4. The summed E-state index contributed by atoms with van der Waals surface area (Å²) in [4.78, 5) is 0. The lowest BCUT2D eigenvalue weighted by molar-refractivity contribution is 0.827. The maximum Gasteiger partial charge on any atom is 0.0841 e. The molecule has 0 fully saturated rings. The monoisotopic (exact) mass is 718 g/mol. The second-order valence-corrected chi connectivity index (χ2v) is 14.8. The number of hydrogen-bond donors (Lipinski definition) is 0. The second kappa shape index (κ2) is 12.2. The van der Waals surface area contributed by atoms with Gasteiger partial charge in [0, 0.05) is 89.4 Å². The Morgan fingerprint density at radius 1 is 0.393 bits per heavy atom. The van der Waals surface area contributed by atoms with Crippen LogP contribution >= 0.6 is 0 Å². The Labute approximate surface area is 324 Å². The van der Waals surface area contributed by atoms with E-state index in [0.717, 1.165) is 46.3 Å². The van der Waals surface area contributed by atoms with Crippen LogP contribution in [0.4, 0.5) is 0 Å². The van der Waals surface area contributed by atoms with E-state index >= 15 is 0 Å². The van der Waals surface area contributed by atoms with Crippen molar-refractivity contribution < 1.29 is 0 Å². The van der Waals surface area contributed by atoms with Gasteiger partial charge in [-0.1, -0.05) is 96.8 Å². The summed E-state index contributed by atoms with van der Waals surface area (Å²) in [5, 5.41) is 9.73. The molecule has 0 atom stereocenters. The third-order valence-corrected chi connectivity index (χ3v) is 12.2. The van der Waals surface area contributed by atoms with Crippen LogP contribution in [-0.4, -0.2) is 18.3 Å². The molecule has 266 valence electrons. The molecule has 7 aromatic carbocycles. The van der Waals surface area contributed by atoms with E-state index in [-0.39, 0.29) is 0 Å². The minimum absolute atomic E-state index is 0.436. The average molecular weight is 719 g/mol. The Bertz CT molecular complexity index is 3290. The number of para-hydroxylation sites is 4. The average Bonchev–Trinajstić information content (AvgIpc) is 3.95. The molecule has 4 nitrogen and oxygen atoms in total. The van der Waals surface area contributed by atoms with Gasteiger partial charge in [-0.15, -0.1) is 12.8 Å². The van der Waals surface area contributed by atoms with Crippen molar-refractivity contribution in [1.29, 1.82) is 0 Å². The molecule has 0 aliphatic carbocycles. The SMILES string of the molecule is C#CCn1c2ccccc2c2c(-c3ccc4c(c3)c3ccccc3n4CC)c3c(c(-c4ccc5c(c4)c4ccccc4n5CC)c21)c1ccccc1n3CC#C. The van der Waals surface area contributed by atoms with Crippen molar-refractivity contribution in [3.63, 3.8) is 0 Å². The number of aryl methyl sites for hydroxylation is 2. The summed E-state index contributed by atoms with van der Waals surface area (Å²) >= 11 is 0. The second-order valence-electron chi connectivity index (χ2n) is 14.8. The lowest BCUT2D eigenvalue weighted by Crippen LogP contribution is -2.00. The summed E-state index contributed by atoms with van der Waals surface area (Å²) in [5.74, 6) is 6.09. The van der Waals surface area contributed by atoms with Gasteiger partial charge >= 0.3 is 0 Å². The predicted octanol–water partition coefficient (Wildman–Crippen LogP) is 12.8. The molecule has 4 heteroatoms. The lowest BCUT2D eigenvalue weighted by atomic mass is 9.89. The minimum Gasteiger partial charge on any atom is -0.341 e. The first kappa shape index (κ1) is 32.3. The van der Waals surface area contributed by atoms with E-state index in [0.29, 0.717) is 13.1 Å². The summed E-state index contributed by atoms with van der Waals surface area (Å²) in [7, 11) is 0. The van der Waals surface area contributed by atoms with Crippen molar-refractivity contribution >= 4 is 87.2 Å². The summed E-state index contributed by atoms with van der Waals surface area (Å²) in [5.41, 5.74) is 14.2. The van der Waals surface area contributed by atoms with Crippen molar-refractivity contribution in [1.82, 2.24) is 18.3 Å². The molecule has 0 N–H and O–H groups in total. The summed E-state index contributed by atoms with van der Waals surface area (Å²) in [6, 6.07) is 49.1. The molecule has 4 aromatic heterocycles. The molecule has 0 aliphatic rings. The number of nitrogens with zero attached hydrogens (tertiary/aromatic N) is 4. The first-order valence-electron chi connectivity index (χ1n) is 19.5. The molecule has 56 heavy (non-hydrogen) atoms. The summed E-state index contributed by atoms with van der Waals surface area (Å²) in [6.07, 6.45) is 12.5. The van der Waals surface area contributed by atoms with E-state index in [2.05, 4.69) is 177 Å². The van der Waals surface area contributed by atoms with Gasteiger partial charge in [-0.25, -0.2) is 0 Å². The highest BCUT2D eigenvalue weighted by molar-refractivity contribution is 6.33. The third-order valence-electron chi connectivity index (χ3n) is 12.2. The fraction of sp³-hybridized carbons (Fsp3) is 0.115. The highest BCUT2D eigenvalue weighted by Crippen LogP contribution is 2.51. The molecule has 0 spiro atoms. The van der Waals surface area contributed by atoms with Gasteiger partial charge in [-0.05, 0) is 73.5 Å². The Hall–Kier alpha value is -7.14. The topological polar surface area (TPSA) is 19.7 Å². The molecule has 0 radical (unpaired) electrons. The number of terminal acetylenes is 2. The number of hydrogen-bond acceptors (Lipinski definition) is 0. The van der Waals surface area contributed by atoms with Gasteiger partial charge in [-0.3, -0.25) is 0 Å². The minimum atomic E-state index is 0.436. The third kappa shape index (κ3) is 4.22. The Balaban J connectivity index is 1.40. The normalized spacial score (nSPS) is 12.0. The van der Waals surface area contributed by atoms with E-state index in [1.165, 1.54) is 76.3 Å². The van der Waals surface area contributed by atoms with Gasteiger partial charge in [0.25, 0.3) is 0 Å². The molecule has 11 aromatic rings. The van der Waals surface area contributed by atoms with Crippen molar-refractivity contribution in [3.8, 4) is 46.9 Å². The quantitative estimate of drug-likeness (QED) is 0.153. The van der Waals surface area contributed by atoms with Gasteiger partial charge < -0.3 is 18.3 Å². The molecule has 4 heterocycles. The highest BCUT2D eigenvalue weighted by atomic mass is 15.0. The Kier molecular flexibility index (Phi) is 7.03. The molecule has 0 aliphatic heterocycles. The van der Waals surface area contributed by atoms with E-state index in [1.807, 2.05) is 0 Å². The zero-order chi connectivity index (χ0) is 37.7. The van der Waals surface area contributed by atoms with Gasteiger partial charge in [0.15, 0.2) is 0 Å². The molecule has 0 saturated carbocycles. The molecular formula is C52H38N4. The van der Waals surface area contributed by atoms with E-state index in [9.17, 15) is 0 Å². The molecule has 0 amide bonds. The maximum absolute atomic E-state index is 6.27. The zero-order valence-electron chi connectivity index (χ0n) is 31.5. The van der Waals surface area contributed by atoms with Gasteiger partial charge in [0.05, 0.1) is 35.2 Å². The lowest BCUT2D eigenvalue weighted by Gasteiger charge is -2.17. The van der Waals surface area contributed by atoms with Gasteiger partial charge in [0.1, 0.15) is 0 Å². The van der Waals surface area contributed by atoms with Crippen LogP contribution in [0.2, 0.25) is 0 Å². The van der Waals surface area contributed by atoms with E-state index < -0.39 is 0 Å². The first-order chi connectivity index (χ1) is 27.7. The number of benzene rings is 7. The van der Waals surface area contributed by atoms with Gasteiger partial charge in [-0.2, -0.15) is 0 Å². The molecule has 0 unspecified atom stereocenters. The largest absolute Gasteiger partial charge is 0.341 e. The summed E-state index contributed by atoms with van der Waals surface area (Å²) in [6.45, 7) is 7.10. The van der Waals surface area contributed by atoms with Crippen molar-refractivity contribution in [3.05, 3.63) is 133 Å². The van der Waals surface area contributed by atoms with Crippen LogP contribution in [0.3, 0.4) is 0 Å². The van der Waals surface area contributed by atoms with Crippen molar-refractivity contribution in [2.75, 3.05) is 0 Å². The van der Waals surface area contributed by atoms with Crippen LogP contribution in [0.15, 0.2) is 133 Å². The van der Waals surface area contributed by atoms with Crippen LogP contribution in [0, 0.1) is 24.7 Å². The Morgan fingerprint density at radius 2 is 0.732 bits per heavy atom. The molecule has 0 bridgehead atoms. The van der Waals surface area contributed by atoms with Crippen LogP contribution in [0.5, 0.6) is 0 Å². The van der Waals surface area contributed by atoms with Crippen LogP contribution in [-0.2, 0) is 26.2 Å². The smallest absolute Gasteiger partial charge is 0.0841 e. The number of rotatable bonds is 6. The van der Waals surface area contributed by atoms with E-state index in [4.69, 9.17) is 12.8 Å². The fourth-order valence-electron chi connectivity index (χ4n) is 10.0. The summed E-state index contributed by atoms with van der Waals surface area (Å²) < 4.78 is 9.58. The van der Waals surface area contributed by atoms with Crippen molar-refractivity contribution in [2.24, 2.45) is 0 Å². The van der Waals surface area contributed by atoms with Crippen LogP contribution in [0.1, 0.15) is 13.8 Å². The number of fused-ring (bicyclic) bond motifs is 12. The maximum atomic E-state index is 6.27.